The van der Waals surface area contributed by atoms with Crippen LogP contribution in [0.4, 0.5) is 0 Å². The number of carbonyl (C=O) groups excluding carboxylic acids is 2. The molecule has 0 radical (unpaired) electrons. The van der Waals surface area contributed by atoms with Crippen LogP contribution in [-0.4, -0.2) is 11.9 Å². The lowest BCUT2D eigenvalue weighted by molar-refractivity contribution is -0.137. The summed E-state index contributed by atoms with van der Waals surface area (Å²) < 4.78 is 16.6. The first-order valence-electron chi connectivity index (χ1n) is 15.9. The van der Waals surface area contributed by atoms with Crippen LogP contribution in [0.25, 0.3) is 11.0 Å². The van der Waals surface area contributed by atoms with Gasteiger partial charge in [0.25, 0.3) is 0 Å². The predicted molar refractivity (Wildman–Crippen MR) is 162 cm³/mol. The second kappa shape index (κ2) is 20.3. The minimum Gasteiger partial charge on any atom is -0.423 e. The molecule has 0 saturated carbocycles. The molecule has 2 aromatic rings. The largest absolute Gasteiger partial charge is 0.423 e. The Balaban J connectivity index is 1.87. The van der Waals surface area contributed by atoms with Crippen molar-refractivity contribution in [3.8, 4) is 11.5 Å². The summed E-state index contributed by atoms with van der Waals surface area (Å²) in [4.78, 5) is 37.2. The number of carbonyl (C=O) groups is 2. The fraction of sp³-hybridized carbons (Fsp3) is 0.676. The SMILES string of the molecule is CCCCCCCCCCCC(=O)Oc1cc2oc(=O)cc(C)c2cc1OC(=O)CCCCCCCCCCC. The molecule has 0 atom stereocenters. The number of esters is 2. The smallest absolute Gasteiger partial charge is 0.336 e. The van der Waals surface area contributed by atoms with Crippen LogP contribution in [0.3, 0.4) is 0 Å². The third kappa shape index (κ3) is 13.6. The molecule has 0 aliphatic rings. The van der Waals surface area contributed by atoms with Gasteiger partial charge in [0.1, 0.15) is 5.58 Å². The lowest BCUT2D eigenvalue weighted by Crippen LogP contribution is -2.12. The van der Waals surface area contributed by atoms with Crippen molar-refractivity contribution in [2.24, 2.45) is 0 Å². The number of hydrogen-bond donors (Lipinski definition) is 0. The third-order valence-electron chi connectivity index (χ3n) is 7.43. The van der Waals surface area contributed by atoms with Crippen molar-refractivity contribution in [2.45, 2.75) is 149 Å². The first-order chi connectivity index (χ1) is 19.4. The summed E-state index contributed by atoms with van der Waals surface area (Å²) >= 11 is 0. The molecular weight excluding hydrogens is 504 g/mol. The standard InChI is InChI=1S/C34H52O6/c1-4-6-8-10-12-14-16-18-20-22-32(35)39-30-25-28-27(3)24-34(37)38-29(28)26-31(30)40-33(36)23-21-19-17-15-13-11-9-7-5-2/h24-26H,4-23H2,1-3H3. The van der Waals surface area contributed by atoms with Crippen molar-refractivity contribution in [1.82, 2.24) is 0 Å². The Kier molecular flexibility index (Phi) is 17.0. The summed E-state index contributed by atoms with van der Waals surface area (Å²) in [6.45, 7) is 6.24. The van der Waals surface area contributed by atoms with Gasteiger partial charge in [-0.15, -0.1) is 0 Å². The molecule has 1 aromatic heterocycles. The fourth-order valence-corrected chi connectivity index (χ4v) is 4.99. The quantitative estimate of drug-likeness (QED) is 0.0621. The molecule has 0 saturated heterocycles. The second-order valence-corrected chi connectivity index (χ2v) is 11.1. The Morgan fingerprint density at radius 2 is 1.00 bits per heavy atom. The van der Waals surface area contributed by atoms with E-state index in [2.05, 4.69) is 13.8 Å². The van der Waals surface area contributed by atoms with Crippen molar-refractivity contribution in [3.63, 3.8) is 0 Å². The molecule has 40 heavy (non-hydrogen) atoms. The van der Waals surface area contributed by atoms with Gasteiger partial charge in [0.05, 0.1) is 0 Å². The molecule has 0 amide bonds. The minimum atomic E-state index is -0.480. The number of rotatable bonds is 22. The Morgan fingerprint density at radius 3 is 1.45 bits per heavy atom. The van der Waals surface area contributed by atoms with E-state index >= 15 is 0 Å². The monoisotopic (exact) mass is 556 g/mol. The van der Waals surface area contributed by atoms with Crippen molar-refractivity contribution in [3.05, 3.63) is 34.2 Å². The zero-order chi connectivity index (χ0) is 29.0. The Bertz CT molecular complexity index is 1070. The van der Waals surface area contributed by atoms with Crippen LogP contribution in [0, 0.1) is 6.92 Å². The normalized spacial score (nSPS) is 11.2. The van der Waals surface area contributed by atoms with Crippen LogP contribution in [0.5, 0.6) is 11.5 Å². The fourth-order valence-electron chi connectivity index (χ4n) is 4.99. The molecular formula is C34H52O6. The number of fused-ring (bicyclic) bond motifs is 1. The number of unbranched alkanes of at least 4 members (excludes halogenated alkanes) is 16. The average molecular weight is 557 g/mol. The van der Waals surface area contributed by atoms with Crippen LogP contribution in [0.1, 0.15) is 148 Å². The molecule has 0 spiro atoms. The molecule has 1 aromatic carbocycles. The lowest BCUT2D eigenvalue weighted by Gasteiger charge is -2.12. The van der Waals surface area contributed by atoms with Gasteiger partial charge in [0, 0.05) is 30.4 Å². The Morgan fingerprint density at radius 1 is 0.600 bits per heavy atom. The van der Waals surface area contributed by atoms with Gasteiger partial charge in [0.15, 0.2) is 11.5 Å². The van der Waals surface area contributed by atoms with Crippen molar-refractivity contribution >= 4 is 22.9 Å². The van der Waals surface area contributed by atoms with Crippen LogP contribution >= 0.6 is 0 Å². The van der Waals surface area contributed by atoms with E-state index in [9.17, 15) is 14.4 Å². The molecule has 0 unspecified atom stereocenters. The van der Waals surface area contributed by atoms with Gasteiger partial charge in [-0.2, -0.15) is 0 Å². The van der Waals surface area contributed by atoms with Gasteiger partial charge < -0.3 is 13.9 Å². The summed E-state index contributed by atoms with van der Waals surface area (Å²) in [5.74, 6) is -0.435. The molecule has 0 aliphatic carbocycles. The highest BCUT2D eigenvalue weighted by Gasteiger charge is 2.17. The second-order valence-electron chi connectivity index (χ2n) is 11.1. The van der Waals surface area contributed by atoms with E-state index in [1.165, 1.54) is 89.2 Å². The maximum atomic E-state index is 12.7. The van der Waals surface area contributed by atoms with Gasteiger partial charge >= 0.3 is 17.6 Å². The first kappa shape index (κ1) is 33.6. The molecule has 0 fully saturated rings. The highest BCUT2D eigenvalue weighted by Crippen LogP contribution is 2.34. The summed E-state index contributed by atoms with van der Waals surface area (Å²) in [7, 11) is 0. The van der Waals surface area contributed by atoms with Crippen molar-refractivity contribution in [1.29, 1.82) is 0 Å². The molecule has 6 nitrogen and oxygen atoms in total. The number of ether oxygens (including phenoxy) is 2. The van der Waals surface area contributed by atoms with Crippen molar-refractivity contribution in [2.75, 3.05) is 0 Å². The van der Waals surface area contributed by atoms with Crippen LogP contribution in [0.2, 0.25) is 0 Å². The maximum absolute atomic E-state index is 12.7. The van der Waals surface area contributed by atoms with Crippen LogP contribution < -0.4 is 15.1 Å². The average Bonchev–Trinajstić information content (AvgIpc) is 2.92. The van der Waals surface area contributed by atoms with E-state index in [4.69, 9.17) is 13.9 Å². The zero-order valence-corrected chi connectivity index (χ0v) is 25.3. The van der Waals surface area contributed by atoms with Crippen molar-refractivity contribution < 1.29 is 23.5 Å². The Labute approximate surface area is 241 Å². The highest BCUT2D eigenvalue weighted by molar-refractivity contribution is 5.86. The van der Waals surface area contributed by atoms with Gasteiger partial charge in [-0.25, -0.2) is 4.79 Å². The number of hydrogen-bond acceptors (Lipinski definition) is 6. The van der Waals surface area contributed by atoms with Crippen LogP contribution in [0.15, 0.2) is 27.4 Å². The predicted octanol–water partition coefficient (Wildman–Crippen LogP) is 9.75. The van der Waals surface area contributed by atoms with Gasteiger partial charge in [0.2, 0.25) is 0 Å². The molecule has 6 heteroatoms. The van der Waals surface area contributed by atoms with E-state index < -0.39 is 5.63 Å². The number of benzene rings is 1. The minimum absolute atomic E-state index is 0.114. The molecule has 0 N–H and O–H groups in total. The van der Waals surface area contributed by atoms with Crippen LogP contribution in [-0.2, 0) is 9.59 Å². The summed E-state index contributed by atoms with van der Waals surface area (Å²) in [6, 6.07) is 4.51. The van der Waals surface area contributed by atoms with Gasteiger partial charge in [-0.05, 0) is 31.4 Å². The summed E-state index contributed by atoms with van der Waals surface area (Å²) in [5, 5.41) is 0.643. The van der Waals surface area contributed by atoms with E-state index in [-0.39, 0.29) is 29.9 Å². The lowest BCUT2D eigenvalue weighted by atomic mass is 10.1. The highest BCUT2D eigenvalue weighted by atomic mass is 16.6. The summed E-state index contributed by atoms with van der Waals surface area (Å²) in [6.07, 6.45) is 21.5. The zero-order valence-electron chi connectivity index (χ0n) is 25.3. The van der Waals surface area contributed by atoms with E-state index in [1.807, 2.05) is 0 Å². The molecule has 1 heterocycles. The van der Waals surface area contributed by atoms with Gasteiger partial charge in [-0.1, -0.05) is 117 Å². The molecule has 0 bridgehead atoms. The molecule has 224 valence electrons. The topological polar surface area (TPSA) is 82.8 Å². The summed E-state index contributed by atoms with van der Waals surface area (Å²) in [5.41, 5.74) is 0.525. The number of aryl methyl sites for hydroxylation is 1. The first-order valence-corrected chi connectivity index (χ1v) is 15.9. The van der Waals surface area contributed by atoms with E-state index in [0.717, 1.165) is 38.5 Å². The molecule has 2 rings (SSSR count). The van der Waals surface area contributed by atoms with Gasteiger partial charge in [-0.3, -0.25) is 9.59 Å². The third-order valence-corrected chi connectivity index (χ3v) is 7.43. The molecule has 0 aliphatic heterocycles. The van der Waals surface area contributed by atoms with E-state index in [0.29, 0.717) is 23.0 Å². The maximum Gasteiger partial charge on any atom is 0.336 e. The Hall–Kier alpha value is -2.63. The van der Waals surface area contributed by atoms with E-state index in [1.54, 1.807) is 13.0 Å².